The first-order valence-electron chi connectivity index (χ1n) is 6.12. The van der Waals surface area contributed by atoms with E-state index in [9.17, 15) is 8.78 Å². The molecule has 0 aliphatic carbocycles. The Morgan fingerprint density at radius 1 is 1.00 bits per heavy atom. The number of hydrogen-bond donors (Lipinski definition) is 3. The Morgan fingerprint density at radius 2 is 1.81 bits per heavy atom. The number of nitrogens with one attached hydrogen (secondary N) is 2. The van der Waals surface area contributed by atoms with Crippen LogP contribution < -0.4 is 16.6 Å². The smallest absolute Gasteiger partial charge is 0.178 e. The maximum absolute atomic E-state index is 13.7. The zero-order chi connectivity index (χ0) is 14.8. The van der Waals surface area contributed by atoms with Gasteiger partial charge in [-0.1, -0.05) is 6.07 Å². The number of fused-ring (bicyclic) bond motifs is 1. The molecule has 7 heteroatoms. The zero-order valence-electron chi connectivity index (χ0n) is 10.8. The van der Waals surface area contributed by atoms with Gasteiger partial charge in [0.25, 0.3) is 0 Å². The Balaban J connectivity index is 1.98. The summed E-state index contributed by atoms with van der Waals surface area (Å²) in [5.74, 6) is 3.11. The molecule has 0 aliphatic rings. The largest absolute Gasteiger partial charge is 0.338 e. The van der Waals surface area contributed by atoms with Crippen molar-refractivity contribution < 1.29 is 8.78 Å². The van der Waals surface area contributed by atoms with Gasteiger partial charge in [0, 0.05) is 23.3 Å². The van der Waals surface area contributed by atoms with E-state index < -0.39 is 11.6 Å². The molecule has 0 saturated heterocycles. The zero-order valence-corrected chi connectivity index (χ0v) is 10.8. The molecule has 1 aromatic carbocycles. The van der Waals surface area contributed by atoms with E-state index >= 15 is 0 Å². The molecular weight excluding hydrogens is 276 g/mol. The second-order valence-electron chi connectivity index (χ2n) is 4.33. The van der Waals surface area contributed by atoms with Crippen molar-refractivity contribution in [2.75, 3.05) is 10.7 Å². The molecule has 5 nitrogen and oxygen atoms in total. The summed E-state index contributed by atoms with van der Waals surface area (Å²) in [7, 11) is 0. The average Bonchev–Trinajstić information content (AvgIpc) is 2.50. The number of rotatable bonds is 3. The van der Waals surface area contributed by atoms with Gasteiger partial charge >= 0.3 is 0 Å². The van der Waals surface area contributed by atoms with Crippen LogP contribution in [0.3, 0.4) is 0 Å². The second kappa shape index (κ2) is 5.29. The monoisotopic (exact) mass is 287 g/mol. The Kier molecular flexibility index (Phi) is 3.33. The molecule has 3 aromatic rings. The van der Waals surface area contributed by atoms with E-state index in [-0.39, 0.29) is 11.6 Å². The first kappa shape index (κ1) is 13.2. The lowest BCUT2D eigenvalue weighted by Gasteiger charge is -2.10. The summed E-state index contributed by atoms with van der Waals surface area (Å²) in [4.78, 5) is 7.95. The third kappa shape index (κ3) is 2.59. The van der Waals surface area contributed by atoms with Crippen LogP contribution >= 0.6 is 0 Å². The van der Waals surface area contributed by atoms with Gasteiger partial charge < -0.3 is 10.7 Å². The van der Waals surface area contributed by atoms with Crippen molar-refractivity contribution in [3.8, 4) is 0 Å². The molecule has 3 rings (SSSR count). The van der Waals surface area contributed by atoms with Gasteiger partial charge in [-0.05, 0) is 24.3 Å². The molecule has 106 valence electrons. The predicted octanol–water partition coefficient (Wildman–Crippen LogP) is 2.94. The fourth-order valence-corrected chi connectivity index (χ4v) is 1.95. The normalized spacial score (nSPS) is 10.6. The molecule has 0 saturated carbocycles. The fourth-order valence-electron chi connectivity index (χ4n) is 1.95. The molecule has 4 N–H and O–H groups in total. The van der Waals surface area contributed by atoms with E-state index in [1.165, 1.54) is 0 Å². The van der Waals surface area contributed by atoms with Gasteiger partial charge in [0.15, 0.2) is 23.3 Å². The standard InChI is InChI=1S/C14H11F2N5/c15-10-7-11(16)14(21-17)20-13(10)19-9-3-4-12-8(6-9)2-1-5-18-12/h1-7H,17H2,(H2,19,20,21). The molecule has 0 spiro atoms. The van der Waals surface area contributed by atoms with Crippen LogP contribution in [0.4, 0.5) is 26.1 Å². The highest BCUT2D eigenvalue weighted by molar-refractivity contribution is 5.83. The van der Waals surface area contributed by atoms with E-state index in [2.05, 4.69) is 20.7 Å². The Labute approximate surface area is 118 Å². The summed E-state index contributed by atoms with van der Waals surface area (Å²) in [5.41, 5.74) is 3.50. The van der Waals surface area contributed by atoms with Crippen LogP contribution in [0.2, 0.25) is 0 Å². The molecular formula is C14H11F2N5. The quantitative estimate of drug-likeness (QED) is 0.510. The summed E-state index contributed by atoms with van der Waals surface area (Å²) in [6.07, 6.45) is 1.69. The minimum absolute atomic E-state index is 0.118. The summed E-state index contributed by atoms with van der Waals surface area (Å²) in [6.45, 7) is 0. The van der Waals surface area contributed by atoms with Crippen LogP contribution in [0.1, 0.15) is 0 Å². The molecule has 0 atom stereocenters. The molecule has 0 fully saturated rings. The van der Waals surface area contributed by atoms with Crippen LogP contribution in [-0.4, -0.2) is 9.97 Å². The number of hydrazine groups is 1. The Bertz CT molecular complexity index is 806. The summed E-state index contributed by atoms with van der Waals surface area (Å²) < 4.78 is 27.0. The molecule has 2 heterocycles. The maximum Gasteiger partial charge on any atom is 0.178 e. The molecule has 0 amide bonds. The average molecular weight is 287 g/mol. The fraction of sp³-hybridized carbons (Fsp3) is 0. The van der Waals surface area contributed by atoms with Crippen LogP contribution in [0.15, 0.2) is 42.6 Å². The predicted molar refractivity (Wildman–Crippen MR) is 77.0 cm³/mol. The maximum atomic E-state index is 13.7. The van der Waals surface area contributed by atoms with E-state index in [4.69, 9.17) is 5.84 Å². The number of aromatic nitrogens is 2. The first-order valence-corrected chi connectivity index (χ1v) is 6.12. The summed E-state index contributed by atoms with van der Waals surface area (Å²) >= 11 is 0. The van der Waals surface area contributed by atoms with E-state index in [1.54, 1.807) is 30.5 Å². The van der Waals surface area contributed by atoms with Gasteiger partial charge in [-0.25, -0.2) is 19.6 Å². The minimum Gasteiger partial charge on any atom is -0.338 e. The number of nitrogens with two attached hydrogens (primary N) is 1. The van der Waals surface area contributed by atoms with Gasteiger partial charge in [0.05, 0.1) is 5.52 Å². The van der Waals surface area contributed by atoms with Crippen molar-refractivity contribution >= 4 is 28.2 Å². The van der Waals surface area contributed by atoms with Gasteiger partial charge in [-0.15, -0.1) is 0 Å². The molecule has 0 radical (unpaired) electrons. The van der Waals surface area contributed by atoms with Crippen LogP contribution in [0, 0.1) is 11.6 Å². The van der Waals surface area contributed by atoms with Gasteiger partial charge in [-0.3, -0.25) is 4.98 Å². The molecule has 0 unspecified atom stereocenters. The van der Waals surface area contributed by atoms with Crippen molar-refractivity contribution in [1.29, 1.82) is 0 Å². The van der Waals surface area contributed by atoms with Crippen molar-refractivity contribution in [2.24, 2.45) is 5.84 Å². The lowest BCUT2D eigenvalue weighted by Crippen LogP contribution is -2.12. The van der Waals surface area contributed by atoms with E-state index in [0.717, 1.165) is 10.9 Å². The number of pyridine rings is 2. The molecule has 2 aromatic heterocycles. The number of benzene rings is 1. The van der Waals surface area contributed by atoms with Gasteiger partial charge in [0.1, 0.15) is 0 Å². The van der Waals surface area contributed by atoms with Gasteiger partial charge in [0.2, 0.25) is 0 Å². The lowest BCUT2D eigenvalue weighted by atomic mass is 10.2. The third-order valence-corrected chi connectivity index (χ3v) is 2.93. The number of halogens is 2. The first-order chi connectivity index (χ1) is 10.2. The highest BCUT2D eigenvalue weighted by Gasteiger charge is 2.11. The van der Waals surface area contributed by atoms with Crippen LogP contribution in [0.25, 0.3) is 10.9 Å². The van der Waals surface area contributed by atoms with Crippen LogP contribution in [0.5, 0.6) is 0 Å². The lowest BCUT2D eigenvalue weighted by molar-refractivity contribution is 0.579. The SMILES string of the molecule is NNc1nc(Nc2ccc3ncccc3c2)c(F)cc1F. The highest BCUT2D eigenvalue weighted by atomic mass is 19.1. The topological polar surface area (TPSA) is 75.9 Å². The highest BCUT2D eigenvalue weighted by Crippen LogP contribution is 2.24. The van der Waals surface area contributed by atoms with Crippen molar-refractivity contribution in [2.45, 2.75) is 0 Å². The Hall–Kier alpha value is -2.80. The van der Waals surface area contributed by atoms with Crippen molar-refractivity contribution in [1.82, 2.24) is 9.97 Å². The molecule has 0 bridgehead atoms. The van der Waals surface area contributed by atoms with Crippen molar-refractivity contribution in [3.63, 3.8) is 0 Å². The molecule has 21 heavy (non-hydrogen) atoms. The number of hydrogen-bond acceptors (Lipinski definition) is 5. The summed E-state index contributed by atoms with van der Waals surface area (Å²) in [6, 6.07) is 9.72. The number of anilines is 3. The third-order valence-electron chi connectivity index (χ3n) is 2.93. The van der Waals surface area contributed by atoms with Gasteiger partial charge in [-0.2, -0.15) is 0 Å². The van der Waals surface area contributed by atoms with Crippen molar-refractivity contribution in [3.05, 3.63) is 54.2 Å². The van der Waals surface area contributed by atoms with E-state index in [0.29, 0.717) is 11.8 Å². The second-order valence-corrected chi connectivity index (χ2v) is 4.33. The Morgan fingerprint density at radius 3 is 2.62 bits per heavy atom. The van der Waals surface area contributed by atoms with E-state index in [1.807, 2.05) is 6.07 Å². The summed E-state index contributed by atoms with van der Waals surface area (Å²) in [5, 5.41) is 3.68. The minimum atomic E-state index is -0.858. The number of nitrogens with zero attached hydrogens (tertiary/aromatic N) is 2. The van der Waals surface area contributed by atoms with Crippen LogP contribution in [-0.2, 0) is 0 Å². The molecule has 0 aliphatic heterocycles. The number of nitrogen functional groups attached to an aromatic ring is 1.